The second kappa shape index (κ2) is 14.8. The van der Waals surface area contributed by atoms with Crippen molar-refractivity contribution in [3.8, 4) is 0 Å². The fourth-order valence-electron chi connectivity index (χ4n) is 2.76. The molecule has 166 valence electrons. The predicted octanol–water partition coefficient (Wildman–Crippen LogP) is 2.59. The third-order valence-electron chi connectivity index (χ3n) is 4.47. The fourth-order valence-corrected chi connectivity index (χ4v) is 2.76. The summed E-state index contributed by atoms with van der Waals surface area (Å²) in [7, 11) is 3.11. The zero-order valence-corrected chi connectivity index (χ0v) is 17.7. The normalized spacial score (nSPS) is 13.9. The molecule has 1 aliphatic rings. The maximum Gasteiger partial charge on any atom is 0.419 e. The van der Waals surface area contributed by atoms with Crippen LogP contribution in [-0.2, 0) is 23.7 Å². The van der Waals surface area contributed by atoms with E-state index in [0.29, 0.717) is 45.6 Å². The molecule has 1 heterocycles. The topological polar surface area (TPSA) is 94.6 Å². The molecule has 0 aromatic heterocycles. The van der Waals surface area contributed by atoms with E-state index >= 15 is 0 Å². The second-order valence-electron chi connectivity index (χ2n) is 6.81. The Morgan fingerprint density at radius 2 is 1.41 bits per heavy atom. The van der Waals surface area contributed by atoms with Crippen molar-refractivity contribution in [3.63, 3.8) is 0 Å². The number of rotatable bonds is 12. The third-order valence-corrected chi connectivity index (χ3v) is 4.47. The maximum atomic E-state index is 12.3. The van der Waals surface area contributed by atoms with Crippen molar-refractivity contribution in [1.29, 1.82) is 0 Å². The number of carbonyl (C=O) groups excluding carboxylic acids is 3. The van der Waals surface area contributed by atoms with E-state index in [4.69, 9.17) is 18.9 Å². The van der Waals surface area contributed by atoms with Crippen molar-refractivity contribution in [2.24, 2.45) is 0 Å². The average molecular weight is 414 g/mol. The van der Waals surface area contributed by atoms with Crippen LogP contribution in [0.2, 0.25) is 0 Å². The van der Waals surface area contributed by atoms with Crippen molar-refractivity contribution in [2.45, 2.75) is 38.5 Å². The average Bonchev–Trinajstić information content (AvgIpc) is 2.71. The van der Waals surface area contributed by atoms with Crippen LogP contribution in [0.25, 0.3) is 0 Å². The first kappa shape index (κ1) is 24.9. The monoisotopic (exact) mass is 414 g/mol. The van der Waals surface area contributed by atoms with Crippen molar-refractivity contribution >= 4 is 18.1 Å². The number of carbonyl (C=O) groups is 3. The molecule has 0 saturated carbocycles. The number of amides is 3. The molecule has 0 atom stereocenters. The highest BCUT2D eigenvalue weighted by Crippen LogP contribution is 2.15. The largest absolute Gasteiger partial charge is 0.449 e. The van der Waals surface area contributed by atoms with Crippen molar-refractivity contribution < 1.29 is 33.3 Å². The van der Waals surface area contributed by atoms with Gasteiger partial charge >= 0.3 is 12.2 Å². The Hall–Kier alpha value is -2.13. The lowest BCUT2D eigenvalue weighted by Gasteiger charge is -2.28. The van der Waals surface area contributed by atoms with Crippen molar-refractivity contribution in [2.75, 3.05) is 60.3 Å². The molecule has 1 fully saturated rings. The third kappa shape index (κ3) is 10.3. The van der Waals surface area contributed by atoms with E-state index in [1.165, 1.54) is 0 Å². The minimum atomic E-state index is -0.778. The lowest BCUT2D eigenvalue weighted by atomic mass is 10.1. The predicted molar refractivity (Wildman–Crippen MR) is 107 cm³/mol. The number of nitrogens with zero attached hydrogens (tertiary/aromatic N) is 2. The van der Waals surface area contributed by atoms with Gasteiger partial charge in [0, 0.05) is 66.3 Å². The van der Waals surface area contributed by atoms with Crippen LogP contribution in [0.5, 0.6) is 0 Å². The molecule has 1 aliphatic heterocycles. The van der Waals surface area contributed by atoms with Crippen molar-refractivity contribution in [3.05, 3.63) is 12.2 Å². The molecule has 9 nitrogen and oxygen atoms in total. The van der Waals surface area contributed by atoms with Crippen LogP contribution < -0.4 is 0 Å². The smallest absolute Gasteiger partial charge is 0.419 e. The Morgan fingerprint density at radius 1 is 0.897 bits per heavy atom. The Morgan fingerprint density at radius 3 is 1.90 bits per heavy atom. The lowest BCUT2D eigenvalue weighted by Crippen LogP contribution is -2.40. The van der Waals surface area contributed by atoms with E-state index in [-0.39, 0.29) is 32.1 Å². The summed E-state index contributed by atoms with van der Waals surface area (Å²) in [6, 6.07) is 0. The molecule has 0 unspecified atom stereocenters. The number of hydrogen-bond donors (Lipinski definition) is 0. The molecule has 0 spiro atoms. The standard InChI is InChI=1S/C20H34N2O7/c1-17-8-11-21(12-9-17)18(23)7-4-10-22(19(24)28-15-5-13-26-2)20(25)29-16-6-14-27-3/h1,4-16H2,2-3H3. The molecule has 0 N–H and O–H groups in total. The van der Waals surface area contributed by atoms with Gasteiger partial charge in [-0.15, -0.1) is 0 Å². The number of likely N-dealkylation sites (tertiary alicyclic amines) is 1. The molecule has 0 aromatic carbocycles. The first-order valence-electron chi connectivity index (χ1n) is 10.0. The Balaban J connectivity index is 2.48. The molecule has 0 radical (unpaired) electrons. The molecular weight excluding hydrogens is 380 g/mol. The summed E-state index contributed by atoms with van der Waals surface area (Å²) in [6.07, 6.45) is 1.72. The van der Waals surface area contributed by atoms with Gasteiger partial charge in [0.15, 0.2) is 0 Å². The summed E-state index contributed by atoms with van der Waals surface area (Å²) in [5.74, 6) is 0.0133. The van der Waals surface area contributed by atoms with Crippen LogP contribution in [-0.4, -0.2) is 88.2 Å². The van der Waals surface area contributed by atoms with Crippen LogP contribution >= 0.6 is 0 Å². The molecule has 1 rings (SSSR count). The van der Waals surface area contributed by atoms with Crippen LogP contribution in [0.4, 0.5) is 9.59 Å². The van der Waals surface area contributed by atoms with Gasteiger partial charge in [-0.05, 0) is 19.3 Å². The van der Waals surface area contributed by atoms with E-state index in [2.05, 4.69) is 6.58 Å². The van der Waals surface area contributed by atoms with Crippen LogP contribution in [0, 0.1) is 0 Å². The highest BCUT2D eigenvalue weighted by molar-refractivity contribution is 5.87. The molecule has 0 aliphatic carbocycles. The van der Waals surface area contributed by atoms with Crippen LogP contribution in [0.3, 0.4) is 0 Å². The van der Waals surface area contributed by atoms with Crippen LogP contribution in [0.1, 0.15) is 38.5 Å². The molecule has 9 heteroatoms. The van der Waals surface area contributed by atoms with Gasteiger partial charge in [0.25, 0.3) is 0 Å². The van der Waals surface area contributed by atoms with E-state index in [9.17, 15) is 14.4 Å². The minimum Gasteiger partial charge on any atom is -0.449 e. The summed E-state index contributed by atoms with van der Waals surface area (Å²) in [5, 5.41) is 0. The highest BCUT2D eigenvalue weighted by atomic mass is 16.6. The molecule has 0 aromatic rings. The minimum absolute atomic E-state index is 0.0133. The first-order chi connectivity index (χ1) is 14.0. The number of imide groups is 1. The Labute approximate surface area is 172 Å². The number of piperidine rings is 1. The molecular formula is C20H34N2O7. The zero-order valence-electron chi connectivity index (χ0n) is 17.7. The summed E-state index contributed by atoms with van der Waals surface area (Å²) in [4.78, 5) is 39.6. The van der Waals surface area contributed by atoms with E-state index in [1.807, 2.05) is 0 Å². The number of hydrogen-bond acceptors (Lipinski definition) is 7. The van der Waals surface area contributed by atoms with E-state index in [1.54, 1.807) is 19.1 Å². The Kier molecular flexibility index (Phi) is 12.7. The fraction of sp³-hybridized carbons (Fsp3) is 0.750. The summed E-state index contributed by atoms with van der Waals surface area (Å²) in [5.41, 5.74) is 1.16. The zero-order chi connectivity index (χ0) is 21.5. The quantitative estimate of drug-likeness (QED) is 0.358. The van der Waals surface area contributed by atoms with Crippen molar-refractivity contribution in [1.82, 2.24) is 9.80 Å². The van der Waals surface area contributed by atoms with Gasteiger partial charge in [-0.3, -0.25) is 4.79 Å². The lowest BCUT2D eigenvalue weighted by molar-refractivity contribution is -0.131. The highest BCUT2D eigenvalue weighted by Gasteiger charge is 2.25. The maximum absolute atomic E-state index is 12.3. The second-order valence-corrected chi connectivity index (χ2v) is 6.81. The first-order valence-corrected chi connectivity index (χ1v) is 10.0. The van der Waals surface area contributed by atoms with Gasteiger partial charge in [-0.1, -0.05) is 12.2 Å². The molecule has 1 saturated heterocycles. The van der Waals surface area contributed by atoms with Gasteiger partial charge in [-0.2, -0.15) is 0 Å². The van der Waals surface area contributed by atoms with Gasteiger partial charge in [-0.25, -0.2) is 14.5 Å². The summed E-state index contributed by atoms with van der Waals surface area (Å²) in [6.45, 7) is 6.51. The summed E-state index contributed by atoms with van der Waals surface area (Å²) >= 11 is 0. The summed E-state index contributed by atoms with van der Waals surface area (Å²) < 4.78 is 20.0. The van der Waals surface area contributed by atoms with E-state index < -0.39 is 12.2 Å². The van der Waals surface area contributed by atoms with Crippen LogP contribution in [0.15, 0.2) is 12.2 Å². The van der Waals surface area contributed by atoms with Gasteiger partial charge < -0.3 is 23.8 Å². The van der Waals surface area contributed by atoms with E-state index in [0.717, 1.165) is 23.3 Å². The number of methoxy groups -OCH3 is 2. The van der Waals surface area contributed by atoms with Gasteiger partial charge in [0.1, 0.15) is 0 Å². The number of ether oxygens (including phenoxy) is 4. The Bertz CT molecular complexity index is 505. The van der Waals surface area contributed by atoms with Gasteiger partial charge in [0.2, 0.25) is 5.91 Å². The molecule has 29 heavy (non-hydrogen) atoms. The molecule has 0 bridgehead atoms. The van der Waals surface area contributed by atoms with Gasteiger partial charge in [0.05, 0.1) is 13.2 Å². The molecule has 3 amide bonds. The SMILES string of the molecule is C=C1CCN(C(=O)CCCN(C(=O)OCCCOC)C(=O)OCCCOC)CC1.